The van der Waals surface area contributed by atoms with Gasteiger partial charge in [-0.3, -0.25) is 4.39 Å². The van der Waals surface area contributed by atoms with Crippen LogP contribution in [0.25, 0.3) is 0 Å². The predicted octanol–water partition coefficient (Wildman–Crippen LogP) is 4.25. The van der Waals surface area contributed by atoms with Crippen LogP contribution in [0.1, 0.15) is 32.6 Å². The van der Waals surface area contributed by atoms with E-state index in [1.165, 1.54) is 0 Å². The first-order chi connectivity index (χ1) is 6.26. The molecule has 0 nitrogen and oxygen atoms in total. The maximum Gasteiger partial charge on any atom is 0.0894 e. The number of unbranched alkanes of at least 4 members (excludes halogenated alkanes) is 1. The van der Waals surface area contributed by atoms with E-state index >= 15 is 0 Å². The Kier molecular flexibility index (Phi) is 9.44. The van der Waals surface area contributed by atoms with E-state index in [4.69, 9.17) is 23.2 Å². The van der Waals surface area contributed by atoms with Gasteiger partial charge in [-0.25, -0.2) is 0 Å². The Bertz CT molecular complexity index is 109. The summed E-state index contributed by atoms with van der Waals surface area (Å²) in [6.07, 6.45) is 3.69. The maximum atomic E-state index is 11.8. The fraction of sp³-hybridized carbons (Fsp3) is 1.00. The van der Waals surface area contributed by atoms with Crippen LogP contribution in [0, 0.1) is 11.8 Å². The highest BCUT2D eigenvalue weighted by atomic mass is 35.5. The molecule has 0 heterocycles. The van der Waals surface area contributed by atoms with Gasteiger partial charge >= 0.3 is 0 Å². The van der Waals surface area contributed by atoms with Crippen molar-refractivity contribution in [2.45, 2.75) is 32.6 Å². The van der Waals surface area contributed by atoms with Gasteiger partial charge in [0.1, 0.15) is 0 Å². The third-order valence-electron chi connectivity index (χ3n) is 2.53. The van der Waals surface area contributed by atoms with Gasteiger partial charge in [-0.15, -0.1) is 23.2 Å². The molecule has 0 aliphatic heterocycles. The molecule has 80 valence electrons. The van der Waals surface area contributed by atoms with Crippen LogP contribution in [-0.2, 0) is 0 Å². The number of halogens is 3. The maximum absolute atomic E-state index is 11.8. The summed E-state index contributed by atoms with van der Waals surface area (Å²) in [5, 5.41) is 0. The molecule has 13 heavy (non-hydrogen) atoms. The van der Waals surface area contributed by atoms with E-state index in [-0.39, 0.29) is 6.67 Å². The summed E-state index contributed by atoms with van der Waals surface area (Å²) in [5.41, 5.74) is 0. The van der Waals surface area contributed by atoms with Crippen LogP contribution in [0.4, 0.5) is 4.39 Å². The summed E-state index contributed by atoms with van der Waals surface area (Å²) in [6, 6.07) is 0. The molecule has 0 amide bonds. The van der Waals surface area contributed by atoms with Gasteiger partial charge in [0.15, 0.2) is 0 Å². The minimum absolute atomic E-state index is 0.201. The van der Waals surface area contributed by atoms with Crippen LogP contribution in [0.2, 0.25) is 0 Å². The number of alkyl halides is 3. The van der Waals surface area contributed by atoms with Crippen LogP contribution >= 0.6 is 23.2 Å². The Labute approximate surface area is 90.8 Å². The average Bonchev–Trinajstić information content (AvgIpc) is 2.14. The molecule has 3 heteroatoms. The normalized spacial score (nSPS) is 15.7. The molecule has 0 aliphatic rings. The Morgan fingerprint density at radius 1 is 1.15 bits per heavy atom. The quantitative estimate of drug-likeness (QED) is 0.431. The fourth-order valence-corrected chi connectivity index (χ4v) is 2.19. The smallest absolute Gasteiger partial charge is 0.0894 e. The molecule has 0 N–H and O–H groups in total. The first kappa shape index (κ1) is 13.5. The third-order valence-corrected chi connectivity index (χ3v) is 3.14. The number of rotatable bonds is 8. The van der Waals surface area contributed by atoms with Gasteiger partial charge in [0.05, 0.1) is 6.67 Å². The number of hydrogen-bond donors (Lipinski definition) is 0. The second kappa shape index (κ2) is 9.08. The van der Waals surface area contributed by atoms with Crippen LogP contribution in [0.5, 0.6) is 0 Å². The second-order valence-corrected chi connectivity index (χ2v) is 4.24. The highest BCUT2D eigenvalue weighted by Crippen LogP contribution is 2.23. The lowest BCUT2D eigenvalue weighted by atomic mass is 9.89. The van der Waals surface area contributed by atoms with Crippen molar-refractivity contribution in [3.05, 3.63) is 0 Å². The zero-order valence-corrected chi connectivity index (χ0v) is 9.75. The summed E-state index contributed by atoms with van der Waals surface area (Å²) in [4.78, 5) is 0. The molecule has 0 aromatic carbocycles. The molecule has 0 radical (unpaired) electrons. The van der Waals surface area contributed by atoms with Gasteiger partial charge in [-0.05, 0) is 24.7 Å². The van der Waals surface area contributed by atoms with Gasteiger partial charge in [-0.1, -0.05) is 19.8 Å². The van der Waals surface area contributed by atoms with Crippen LogP contribution in [0.15, 0.2) is 0 Å². The lowest BCUT2D eigenvalue weighted by Gasteiger charge is -2.20. The largest absolute Gasteiger partial charge is 0.251 e. The SMILES string of the molecule is CC(CCCCF)C(CCl)CCCl. The summed E-state index contributed by atoms with van der Waals surface area (Å²) >= 11 is 11.5. The fourth-order valence-electron chi connectivity index (χ4n) is 1.45. The molecule has 0 aliphatic carbocycles. The van der Waals surface area contributed by atoms with Crippen molar-refractivity contribution in [2.75, 3.05) is 18.4 Å². The van der Waals surface area contributed by atoms with Gasteiger partial charge < -0.3 is 0 Å². The summed E-state index contributed by atoms with van der Waals surface area (Å²) in [6.45, 7) is 1.98. The van der Waals surface area contributed by atoms with Crippen LogP contribution in [0.3, 0.4) is 0 Å². The van der Waals surface area contributed by atoms with Crippen LogP contribution < -0.4 is 0 Å². The van der Waals surface area contributed by atoms with E-state index in [2.05, 4.69) is 6.92 Å². The second-order valence-electron chi connectivity index (χ2n) is 3.55. The zero-order chi connectivity index (χ0) is 10.1. The molecular formula is C10H19Cl2F. The molecule has 0 bridgehead atoms. The van der Waals surface area contributed by atoms with E-state index < -0.39 is 0 Å². The van der Waals surface area contributed by atoms with Gasteiger partial charge in [0, 0.05) is 11.8 Å². The Hall–Kier alpha value is 0.510. The molecule has 0 spiro atoms. The lowest BCUT2D eigenvalue weighted by Crippen LogP contribution is -2.14. The van der Waals surface area contributed by atoms with Crippen molar-refractivity contribution in [1.82, 2.24) is 0 Å². The number of hydrogen-bond acceptors (Lipinski definition) is 0. The van der Waals surface area contributed by atoms with Crippen molar-refractivity contribution in [3.8, 4) is 0 Å². The monoisotopic (exact) mass is 228 g/mol. The molecule has 0 saturated heterocycles. The Balaban J connectivity index is 3.57. The van der Waals surface area contributed by atoms with Crippen molar-refractivity contribution in [3.63, 3.8) is 0 Å². The predicted molar refractivity (Wildman–Crippen MR) is 58.5 cm³/mol. The molecule has 0 fully saturated rings. The van der Waals surface area contributed by atoms with Gasteiger partial charge in [0.25, 0.3) is 0 Å². The first-order valence-electron chi connectivity index (χ1n) is 4.94. The topological polar surface area (TPSA) is 0 Å². The molecule has 0 saturated carbocycles. The molecular weight excluding hydrogens is 210 g/mol. The van der Waals surface area contributed by atoms with Crippen molar-refractivity contribution in [1.29, 1.82) is 0 Å². The summed E-state index contributed by atoms with van der Waals surface area (Å²) in [5.74, 6) is 2.41. The van der Waals surface area contributed by atoms with E-state index in [0.717, 1.165) is 19.3 Å². The minimum atomic E-state index is -0.201. The molecule has 0 rings (SSSR count). The Morgan fingerprint density at radius 2 is 1.85 bits per heavy atom. The highest BCUT2D eigenvalue weighted by Gasteiger charge is 2.14. The van der Waals surface area contributed by atoms with E-state index in [0.29, 0.717) is 30.0 Å². The van der Waals surface area contributed by atoms with E-state index in [9.17, 15) is 4.39 Å². The van der Waals surface area contributed by atoms with Crippen LogP contribution in [-0.4, -0.2) is 18.4 Å². The van der Waals surface area contributed by atoms with Crippen molar-refractivity contribution in [2.24, 2.45) is 11.8 Å². The Morgan fingerprint density at radius 3 is 2.31 bits per heavy atom. The van der Waals surface area contributed by atoms with Crippen molar-refractivity contribution < 1.29 is 4.39 Å². The summed E-state index contributed by atoms with van der Waals surface area (Å²) < 4.78 is 11.8. The standard InChI is InChI=1S/C10H19Cl2F/c1-9(4-2-3-7-13)10(8-12)5-6-11/h9-10H,2-8H2,1H3. The minimum Gasteiger partial charge on any atom is -0.251 e. The van der Waals surface area contributed by atoms with Crippen molar-refractivity contribution >= 4 is 23.2 Å². The lowest BCUT2D eigenvalue weighted by molar-refractivity contribution is 0.339. The van der Waals surface area contributed by atoms with Gasteiger partial charge in [0.2, 0.25) is 0 Å². The van der Waals surface area contributed by atoms with E-state index in [1.54, 1.807) is 0 Å². The average molecular weight is 229 g/mol. The summed E-state index contributed by atoms with van der Waals surface area (Å²) in [7, 11) is 0. The molecule has 2 atom stereocenters. The molecule has 0 aromatic rings. The first-order valence-corrected chi connectivity index (χ1v) is 6.01. The highest BCUT2D eigenvalue weighted by molar-refractivity contribution is 6.18. The zero-order valence-electron chi connectivity index (χ0n) is 8.24. The third kappa shape index (κ3) is 6.56. The van der Waals surface area contributed by atoms with Gasteiger partial charge in [-0.2, -0.15) is 0 Å². The van der Waals surface area contributed by atoms with E-state index in [1.807, 2.05) is 0 Å². The molecule has 0 aromatic heterocycles. The molecule has 2 unspecified atom stereocenters.